The number of hydrogen-bond acceptors (Lipinski definition) is 6. The van der Waals surface area contributed by atoms with Crippen molar-refractivity contribution >= 4 is 6.03 Å². The molecule has 4 N–H and O–H groups in total. The summed E-state index contributed by atoms with van der Waals surface area (Å²) in [5, 5.41) is 27.5. The van der Waals surface area contributed by atoms with Crippen molar-refractivity contribution in [2.75, 3.05) is 13.6 Å². The Morgan fingerprint density at radius 2 is 1.47 bits per heavy atom. The SMILES string of the molecule is CC1C(CN(C)C(C)C(O)c2ccccc2)OC(c2ccc(-c3cccc(CNC(=O)NC45CC6CC(CC(C6)C4)C5)c3)cc2)OC1c1ccc(CO)cc1. The highest BCUT2D eigenvalue weighted by Gasteiger charge is 2.51. The summed E-state index contributed by atoms with van der Waals surface area (Å²) in [4.78, 5) is 15.3. The van der Waals surface area contributed by atoms with Crippen molar-refractivity contribution in [3.05, 3.63) is 131 Å². The van der Waals surface area contributed by atoms with Crippen LogP contribution in [-0.4, -0.2) is 52.4 Å². The predicted molar refractivity (Wildman–Crippen MR) is 215 cm³/mol. The fraction of sp³-hybridized carbons (Fsp3) is 0.468. The zero-order valence-corrected chi connectivity index (χ0v) is 32.4. The van der Waals surface area contributed by atoms with Crippen LogP contribution in [0.25, 0.3) is 11.1 Å². The van der Waals surface area contributed by atoms with E-state index in [1.165, 1.54) is 19.3 Å². The first-order valence-corrected chi connectivity index (χ1v) is 20.3. The molecule has 6 unspecified atom stereocenters. The Morgan fingerprint density at radius 3 is 2.13 bits per heavy atom. The standard InChI is InChI=1S/C47H57N3O5/c1-30-42(28-50(3)31(2)43(52)38-9-5-4-6-10-38)54-45(55-44(30)39-14-12-32(29-51)13-15-39)40-18-16-37(17-19-40)41-11-7-8-33(23-41)27-48-46(53)49-47-24-34-20-35(25-47)22-36(21-34)26-47/h4-19,23,30-31,34-36,42-45,51-52H,20-22,24-29H2,1-3H3,(H2,48,49,53). The molecule has 4 saturated carbocycles. The molecule has 4 bridgehead atoms. The highest BCUT2D eigenvalue weighted by molar-refractivity contribution is 5.75. The lowest BCUT2D eigenvalue weighted by atomic mass is 9.53. The summed E-state index contributed by atoms with van der Waals surface area (Å²) in [5.41, 5.74) is 6.93. The first-order valence-electron chi connectivity index (χ1n) is 20.3. The van der Waals surface area contributed by atoms with Gasteiger partial charge in [-0.05, 0) is 110 Å². The van der Waals surface area contributed by atoms with E-state index in [0.717, 1.165) is 76.0 Å². The first-order chi connectivity index (χ1) is 26.6. The molecule has 6 atom stereocenters. The van der Waals surface area contributed by atoms with Gasteiger partial charge in [-0.15, -0.1) is 0 Å². The maximum Gasteiger partial charge on any atom is 0.315 e. The Morgan fingerprint density at radius 1 is 0.818 bits per heavy atom. The van der Waals surface area contributed by atoms with Crippen LogP contribution in [0.15, 0.2) is 103 Å². The lowest BCUT2D eigenvalue weighted by Crippen LogP contribution is -2.61. The van der Waals surface area contributed by atoms with Crippen molar-refractivity contribution in [3.8, 4) is 11.1 Å². The topological polar surface area (TPSA) is 103 Å². The summed E-state index contributed by atoms with van der Waals surface area (Å²) in [6.45, 7) is 5.28. The summed E-state index contributed by atoms with van der Waals surface area (Å²) in [6, 6.07) is 34.3. The molecule has 4 aromatic rings. The van der Waals surface area contributed by atoms with E-state index in [2.05, 4.69) is 71.0 Å². The van der Waals surface area contributed by atoms with Crippen LogP contribution < -0.4 is 10.6 Å². The largest absolute Gasteiger partial charge is 0.392 e. The highest BCUT2D eigenvalue weighted by Crippen LogP contribution is 2.55. The number of benzene rings is 4. The number of ether oxygens (including phenoxy) is 2. The van der Waals surface area contributed by atoms with Crippen LogP contribution in [0.2, 0.25) is 0 Å². The molecule has 55 heavy (non-hydrogen) atoms. The third kappa shape index (κ3) is 8.40. The average molecular weight is 744 g/mol. The lowest BCUT2D eigenvalue weighted by molar-refractivity contribution is -0.276. The van der Waals surface area contributed by atoms with E-state index in [0.29, 0.717) is 13.1 Å². The molecule has 9 rings (SSSR count). The number of carbonyl (C=O) groups excluding carboxylic acids is 1. The monoisotopic (exact) mass is 743 g/mol. The molecule has 8 heteroatoms. The molecular formula is C47H57N3O5. The maximum absolute atomic E-state index is 13.1. The Hall–Kier alpha value is -4.05. The maximum atomic E-state index is 13.1. The van der Waals surface area contributed by atoms with Crippen LogP contribution in [-0.2, 0) is 22.6 Å². The number of urea groups is 1. The van der Waals surface area contributed by atoms with Gasteiger partial charge in [-0.2, -0.15) is 0 Å². The van der Waals surface area contributed by atoms with Crippen molar-refractivity contribution in [1.29, 1.82) is 0 Å². The molecule has 0 aromatic heterocycles. The van der Waals surface area contributed by atoms with Gasteiger partial charge in [0, 0.05) is 36.2 Å². The van der Waals surface area contributed by atoms with E-state index in [4.69, 9.17) is 9.47 Å². The Labute approximate surface area is 326 Å². The number of nitrogens with zero attached hydrogens (tertiary/aromatic N) is 1. The number of likely N-dealkylation sites (N-methyl/N-ethyl adjacent to an activating group) is 1. The average Bonchev–Trinajstić information content (AvgIpc) is 3.20. The number of carbonyl (C=O) groups is 1. The number of aliphatic hydroxyl groups is 2. The van der Waals surface area contributed by atoms with E-state index in [-0.39, 0.29) is 42.3 Å². The van der Waals surface area contributed by atoms with Gasteiger partial charge in [-0.1, -0.05) is 104 Å². The summed E-state index contributed by atoms with van der Waals surface area (Å²) in [6.07, 6.45) is 5.85. The fourth-order valence-corrected chi connectivity index (χ4v) is 10.4. The van der Waals surface area contributed by atoms with Gasteiger partial charge in [0.05, 0.1) is 24.9 Å². The molecular weight excluding hydrogens is 687 g/mol. The van der Waals surface area contributed by atoms with Gasteiger partial charge in [-0.25, -0.2) is 4.79 Å². The van der Waals surface area contributed by atoms with Crippen LogP contribution in [0.1, 0.15) is 98.7 Å². The minimum absolute atomic E-state index is 0.00396. The summed E-state index contributed by atoms with van der Waals surface area (Å²) >= 11 is 0. The second-order valence-corrected chi connectivity index (χ2v) is 17.2. The van der Waals surface area contributed by atoms with Crippen molar-refractivity contribution < 1.29 is 24.5 Å². The van der Waals surface area contributed by atoms with Crippen molar-refractivity contribution in [2.24, 2.45) is 23.7 Å². The van der Waals surface area contributed by atoms with E-state index < -0.39 is 12.4 Å². The number of nitrogens with one attached hydrogen (secondary N) is 2. The van der Waals surface area contributed by atoms with Gasteiger partial charge >= 0.3 is 6.03 Å². The number of rotatable bonds is 12. The highest BCUT2D eigenvalue weighted by atomic mass is 16.7. The normalized spacial score (nSPS) is 29.5. The molecule has 2 amide bonds. The van der Waals surface area contributed by atoms with Crippen LogP contribution in [0.4, 0.5) is 4.79 Å². The summed E-state index contributed by atoms with van der Waals surface area (Å²) in [5.74, 6) is 2.39. The van der Waals surface area contributed by atoms with Gasteiger partial charge in [0.2, 0.25) is 0 Å². The molecule has 0 spiro atoms. The second kappa shape index (κ2) is 16.2. The van der Waals surface area contributed by atoms with Crippen molar-refractivity contribution in [2.45, 2.75) is 102 Å². The zero-order chi connectivity index (χ0) is 38.1. The van der Waals surface area contributed by atoms with E-state index in [1.54, 1.807) is 0 Å². The molecule has 5 fully saturated rings. The van der Waals surface area contributed by atoms with Crippen LogP contribution >= 0.6 is 0 Å². The Balaban J connectivity index is 0.942. The smallest absolute Gasteiger partial charge is 0.315 e. The van der Waals surface area contributed by atoms with E-state index in [9.17, 15) is 15.0 Å². The molecule has 0 radical (unpaired) electrons. The number of aliphatic hydroxyl groups excluding tert-OH is 2. The number of hydrogen-bond donors (Lipinski definition) is 4. The fourth-order valence-electron chi connectivity index (χ4n) is 10.4. The van der Waals surface area contributed by atoms with Crippen LogP contribution in [0, 0.1) is 23.7 Å². The van der Waals surface area contributed by atoms with Gasteiger partial charge in [0.1, 0.15) is 0 Å². The van der Waals surface area contributed by atoms with E-state index >= 15 is 0 Å². The third-order valence-corrected chi connectivity index (χ3v) is 13.2. The molecule has 1 saturated heterocycles. The first kappa shape index (κ1) is 37.9. The summed E-state index contributed by atoms with van der Waals surface area (Å²) in [7, 11) is 2.04. The predicted octanol–water partition coefficient (Wildman–Crippen LogP) is 8.46. The third-order valence-electron chi connectivity index (χ3n) is 13.2. The Kier molecular flexibility index (Phi) is 11.2. The molecule has 1 aliphatic heterocycles. The number of amides is 2. The molecule has 1 heterocycles. The van der Waals surface area contributed by atoms with Crippen molar-refractivity contribution in [1.82, 2.24) is 15.5 Å². The van der Waals surface area contributed by atoms with Gasteiger partial charge in [-0.3, -0.25) is 4.90 Å². The second-order valence-electron chi connectivity index (χ2n) is 17.2. The minimum Gasteiger partial charge on any atom is -0.392 e. The lowest BCUT2D eigenvalue weighted by Gasteiger charge is -2.56. The minimum atomic E-state index is -0.635. The molecule has 4 aliphatic carbocycles. The zero-order valence-electron chi connectivity index (χ0n) is 32.4. The quantitative estimate of drug-likeness (QED) is 0.116. The molecule has 5 aliphatic rings. The van der Waals surface area contributed by atoms with Gasteiger partial charge in [0.15, 0.2) is 6.29 Å². The summed E-state index contributed by atoms with van der Waals surface area (Å²) < 4.78 is 13.5. The van der Waals surface area contributed by atoms with Crippen LogP contribution in [0.3, 0.4) is 0 Å². The van der Waals surface area contributed by atoms with Crippen LogP contribution in [0.5, 0.6) is 0 Å². The van der Waals surface area contributed by atoms with Crippen molar-refractivity contribution in [3.63, 3.8) is 0 Å². The van der Waals surface area contributed by atoms with E-state index in [1.807, 2.05) is 68.6 Å². The molecule has 8 nitrogen and oxygen atoms in total. The molecule has 4 aromatic carbocycles. The Bertz CT molecular complexity index is 1860. The van der Waals surface area contributed by atoms with Gasteiger partial charge in [0.25, 0.3) is 0 Å². The molecule has 290 valence electrons. The van der Waals surface area contributed by atoms with Gasteiger partial charge < -0.3 is 30.3 Å².